The van der Waals surface area contributed by atoms with Gasteiger partial charge in [0.2, 0.25) is 0 Å². The van der Waals surface area contributed by atoms with Crippen molar-refractivity contribution in [3.05, 3.63) is 82.9 Å². The van der Waals surface area contributed by atoms with Crippen molar-refractivity contribution < 1.29 is 9.13 Å². The Morgan fingerprint density at radius 3 is 2.69 bits per heavy atom. The molecule has 0 amide bonds. The lowest BCUT2D eigenvalue weighted by Gasteiger charge is -2.10. The van der Waals surface area contributed by atoms with E-state index in [1.807, 2.05) is 22.8 Å². The van der Waals surface area contributed by atoms with Crippen molar-refractivity contribution >= 4 is 27.7 Å². The fourth-order valence-electron chi connectivity index (χ4n) is 2.31. The zero-order valence-electron chi connectivity index (χ0n) is 13.9. The molecule has 1 heterocycles. The first kappa shape index (κ1) is 18.7. The highest BCUT2D eigenvalue weighted by atomic mass is 79.9. The number of allylic oxidation sites excluding steroid dienone is 1. The summed E-state index contributed by atoms with van der Waals surface area (Å²) in [6, 6.07) is 14.4. The number of benzene rings is 2. The Kier molecular flexibility index (Phi) is 6.46. The maximum absolute atomic E-state index is 13.7. The van der Waals surface area contributed by atoms with E-state index in [0.29, 0.717) is 12.4 Å². The average Bonchev–Trinajstić information content (AvgIpc) is 3.03. The third kappa shape index (κ3) is 4.53. The zero-order valence-corrected chi connectivity index (χ0v) is 16.3. The van der Waals surface area contributed by atoms with Crippen LogP contribution >= 0.6 is 27.7 Å². The first-order valence-corrected chi connectivity index (χ1v) is 9.73. The van der Waals surface area contributed by atoms with Gasteiger partial charge in [-0.25, -0.2) is 4.39 Å². The van der Waals surface area contributed by atoms with E-state index in [1.165, 1.54) is 11.6 Å². The number of ether oxygens (including phenoxy) is 1. The molecular weight excluding hydrogens is 417 g/mol. The third-order valence-electron chi connectivity index (χ3n) is 3.61. The van der Waals surface area contributed by atoms with Crippen LogP contribution in [0.3, 0.4) is 0 Å². The van der Waals surface area contributed by atoms with Gasteiger partial charge in [-0.15, -0.1) is 16.8 Å². The Morgan fingerprint density at radius 2 is 1.92 bits per heavy atom. The lowest BCUT2D eigenvalue weighted by molar-refractivity contribution is 0.275. The van der Waals surface area contributed by atoms with Gasteiger partial charge in [-0.1, -0.05) is 64.1 Å². The molecule has 3 rings (SSSR count). The van der Waals surface area contributed by atoms with Crippen LogP contribution in [0.25, 0.3) is 0 Å². The summed E-state index contributed by atoms with van der Waals surface area (Å²) in [4.78, 5) is 0. The van der Waals surface area contributed by atoms with Crippen molar-refractivity contribution in [3.63, 3.8) is 0 Å². The van der Waals surface area contributed by atoms with E-state index in [1.54, 1.807) is 36.0 Å². The van der Waals surface area contributed by atoms with Gasteiger partial charge in [-0.2, -0.15) is 0 Å². The summed E-state index contributed by atoms with van der Waals surface area (Å²) in [7, 11) is 0. The van der Waals surface area contributed by atoms with Gasteiger partial charge < -0.3 is 4.74 Å². The summed E-state index contributed by atoms with van der Waals surface area (Å²) in [5.41, 5.74) is 1.18. The highest BCUT2D eigenvalue weighted by molar-refractivity contribution is 9.10. The molecule has 1 aromatic heterocycles. The fraction of sp³-hybridized carbons (Fsp3) is 0.158. The third-order valence-corrected chi connectivity index (χ3v) is 5.40. The Labute approximate surface area is 164 Å². The van der Waals surface area contributed by atoms with E-state index in [-0.39, 0.29) is 12.4 Å². The fourth-order valence-corrected chi connectivity index (χ4v) is 3.89. The minimum Gasteiger partial charge on any atom is -0.483 e. The van der Waals surface area contributed by atoms with Crippen LogP contribution in [0.1, 0.15) is 11.4 Å². The minimum atomic E-state index is -0.397. The lowest BCUT2D eigenvalue weighted by Crippen LogP contribution is -2.08. The molecule has 2 aromatic carbocycles. The van der Waals surface area contributed by atoms with Gasteiger partial charge >= 0.3 is 0 Å². The largest absolute Gasteiger partial charge is 0.483 e. The van der Waals surface area contributed by atoms with Crippen LogP contribution in [-0.4, -0.2) is 14.8 Å². The summed E-state index contributed by atoms with van der Waals surface area (Å²) in [6.07, 6.45) is 1.78. The molecule has 0 aliphatic carbocycles. The lowest BCUT2D eigenvalue weighted by atomic mass is 10.2. The number of halogens is 2. The van der Waals surface area contributed by atoms with Crippen LogP contribution in [0.2, 0.25) is 0 Å². The Hall–Kier alpha value is -2.12. The molecule has 0 unspecified atom stereocenters. The zero-order chi connectivity index (χ0) is 18.4. The van der Waals surface area contributed by atoms with Crippen LogP contribution in [-0.2, 0) is 18.9 Å². The summed E-state index contributed by atoms with van der Waals surface area (Å²) >= 11 is 5.14. The van der Waals surface area contributed by atoms with Gasteiger partial charge in [-0.3, -0.25) is 4.57 Å². The van der Waals surface area contributed by atoms with Crippen molar-refractivity contribution in [1.29, 1.82) is 0 Å². The average molecular weight is 434 g/mol. The molecule has 0 N–H and O–H groups in total. The first-order valence-electron chi connectivity index (χ1n) is 7.95. The molecule has 4 nitrogen and oxygen atoms in total. The van der Waals surface area contributed by atoms with Crippen molar-refractivity contribution in [1.82, 2.24) is 14.8 Å². The van der Waals surface area contributed by atoms with Gasteiger partial charge in [0.05, 0.1) is 0 Å². The first-order chi connectivity index (χ1) is 12.7. The summed E-state index contributed by atoms with van der Waals surface area (Å²) in [6.45, 7) is 4.48. The summed E-state index contributed by atoms with van der Waals surface area (Å²) in [5, 5.41) is 9.22. The molecule has 0 saturated heterocycles. The van der Waals surface area contributed by atoms with Crippen molar-refractivity contribution in [2.75, 3.05) is 0 Å². The molecule has 0 fully saturated rings. The van der Waals surface area contributed by atoms with Crippen LogP contribution in [0.15, 0.2) is 70.8 Å². The van der Waals surface area contributed by atoms with Crippen LogP contribution in [0.5, 0.6) is 5.75 Å². The molecule has 0 bridgehead atoms. The monoisotopic (exact) mass is 433 g/mol. The Balaban J connectivity index is 1.72. The van der Waals surface area contributed by atoms with E-state index in [9.17, 15) is 4.39 Å². The van der Waals surface area contributed by atoms with Gasteiger partial charge in [0.15, 0.2) is 22.5 Å². The van der Waals surface area contributed by atoms with Gasteiger partial charge in [0.25, 0.3) is 0 Å². The number of hydrogen-bond donors (Lipinski definition) is 0. The van der Waals surface area contributed by atoms with Crippen molar-refractivity contribution in [3.8, 4) is 5.75 Å². The molecule has 7 heteroatoms. The molecule has 0 aliphatic rings. The molecule has 26 heavy (non-hydrogen) atoms. The molecule has 0 atom stereocenters. The molecular formula is C19H17BrFN3OS. The van der Waals surface area contributed by atoms with E-state index in [2.05, 4.69) is 38.8 Å². The minimum absolute atomic E-state index is 0.136. The number of rotatable bonds is 8. The summed E-state index contributed by atoms with van der Waals surface area (Å²) in [5.74, 6) is 1.18. The maximum Gasteiger partial charge on any atom is 0.191 e. The number of hydrogen-bond acceptors (Lipinski definition) is 4. The van der Waals surface area contributed by atoms with Crippen LogP contribution in [0, 0.1) is 5.82 Å². The number of aromatic nitrogens is 3. The van der Waals surface area contributed by atoms with Gasteiger partial charge in [0.1, 0.15) is 6.61 Å². The number of nitrogens with zero attached hydrogens (tertiary/aromatic N) is 3. The van der Waals surface area contributed by atoms with E-state index >= 15 is 0 Å². The van der Waals surface area contributed by atoms with E-state index in [4.69, 9.17) is 4.74 Å². The predicted octanol–water partition coefficient (Wildman–Crippen LogP) is 5.24. The topological polar surface area (TPSA) is 39.9 Å². The highest BCUT2D eigenvalue weighted by Gasteiger charge is 2.14. The molecule has 0 radical (unpaired) electrons. The smallest absolute Gasteiger partial charge is 0.191 e. The highest BCUT2D eigenvalue weighted by Crippen LogP contribution is 2.26. The predicted molar refractivity (Wildman–Crippen MR) is 105 cm³/mol. The molecule has 0 spiro atoms. The maximum atomic E-state index is 13.7. The molecule has 0 saturated carbocycles. The molecule has 134 valence electrons. The second-order valence-corrected chi connectivity index (χ2v) is 7.19. The normalized spacial score (nSPS) is 10.7. The second-order valence-electron chi connectivity index (χ2n) is 5.40. The molecule has 3 aromatic rings. The van der Waals surface area contributed by atoms with E-state index in [0.717, 1.165) is 15.4 Å². The van der Waals surface area contributed by atoms with Crippen molar-refractivity contribution in [2.24, 2.45) is 0 Å². The Bertz CT molecular complexity index is 833. The van der Waals surface area contributed by atoms with Crippen LogP contribution in [0.4, 0.5) is 4.39 Å². The second kappa shape index (κ2) is 9.00. The van der Waals surface area contributed by atoms with Crippen molar-refractivity contribution in [2.45, 2.75) is 24.1 Å². The Morgan fingerprint density at radius 1 is 1.15 bits per heavy atom. The standard InChI is InChI=1S/C19H17BrFN3OS/c1-2-11-24-18(12-25-17-10-6-5-9-16(17)21)22-23-19(24)26-13-14-7-3-4-8-15(14)20/h2-10H,1,11-13H2. The number of thioether (sulfide) groups is 1. The quantitative estimate of drug-likeness (QED) is 0.359. The number of para-hydroxylation sites is 1. The van der Waals surface area contributed by atoms with Crippen LogP contribution < -0.4 is 4.74 Å². The SMILES string of the molecule is C=CCn1c(COc2ccccc2F)nnc1SCc1ccccc1Br. The van der Waals surface area contributed by atoms with Gasteiger partial charge in [0, 0.05) is 16.8 Å². The van der Waals surface area contributed by atoms with Gasteiger partial charge in [-0.05, 0) is 23.8 Å². The van der Waals surface area contributed by atoms with E-state index < -0.39 is 5.82 Å². The molecule has 0 aliphatic heterocycles. The summed E-state index contributed by atoms with van der Waals surface area (Å²) < 4.78 is 22.2.